The third-order valence-electron chi connectivity index (χ3n) is 8.23. The van der Waals surface area contributed by atoms with Crippen LogP contribution in [0.4, 0.5) is 11.4 Å². The second kappa shape index (κ2) is 12.2. The van der Waals surface area contributed by atoms with Crippen molar-refractivity contribution in [1.29, 1.82) is 21.2 Å². The molecule has 1 heterocycles. The molecule has 8 heteroatoms. The van der Waals surface area contributed by atoms with Gasteiger partial charge in [0, 0.05) is 33.3 Å². The van der Waals surface area contributed by atoms with E-state index in [9.17, 15) is 21.2 Å². The summed E-state index contributed by atoms with van der Waals surface area (Å²) in [5.74, 6) is 0. The molecule has 0 unspecified atom stereocenters. The number of hydrogen-bond acceptors (Lipinski definition) is 8. The van der Waals surface area contributed by atoms with Crippen molar-refractivity contribution >= 4 is 39.8 Å². The van der Waals surface area contributed by atoms with E-state index in [1.807, 2.05) is 103 Å². The van der Waals surface area contributed by atoms with Crippen LogP contribution in [0, 0.1) is 39.4 Å². The fourth-order valence-electron chi connectivity index (χ4n) is 5.89. The fraction of sp³-hybridized carbons (Fsp3) is 0. The zero-order chi connectivity index (χ0) is 33.2. The van der Waals surface area contributed by atoms with Crippen molar-refractivity contribution in [2.24, 2.45) is 5.10 Å². The minimum atomic E-state index is 0.261. The Morgan fingerprint density at radius 1 is 0.667 bits per heavy atom. The number of hydrazone groups is 1. The minimum Gasteiger partial charge on any atom is -0.398 e. The van der Waals surface area contributed by atoms with E-state index >= 15 is 0 Å². The van der Waals surface area contributed by atoms with Crippen molar-refractivity contribution in [2.45, 2.75) is 0 Å². The van der Waals surface area contributed by atoms with Crippen molar-refractivity contribution in [3.63, 3.8) is 0 Å². The van der Waals surface area contributed by atoms with Crippen LogP contribution in [0.2, 0.25) is 0 Å². The molecule has 0 atom stereocenters. The van der Waals surface area contributed by atoms with Crippen LogP contribution < -0.4 is 11.2 Å². The number of pyridine rings is 1. The van der Waals surface area contributed by atoms with Gasteiger partial charge >= 0.3 is 0 Å². The van der Waals surface area contributed by atoms with E-state index in [4.69, 9.17) is 10.7 Å². The molecule has 4 N–H and O–H groups in total. The summed E-state index contributed by atoms with van der Waals surface area (Å²) >= 11 is 0. The van der Waals surface area contributed by atoms with Gasteiger partial charge in [-0.1, -0.05) is 66.7 Å². The standard InChI is InChI=1S/C40H24N8/c41-21-24-6-8-26(9-7-24)29-14-15-32-36(20-29)46-40(33-16-17-35(39(45)38(32)33)48-47-31-4-2-1-3-5-31)28-12-10-27(11-13-28)37-30(23-43)18-25(22-42)19-34(37)44/h1-20,45,47H,44H2/b45-39?,48-35-. The maximum Gasteiger partial charge on any atom is 0.109 e. The van der Waals surface area contributed by atoms with Crippen LogP contribution in [0.5, 0.6) is 0 Å². The summed E-state index contributed by atoms with van der Waals surface area (Å²) in [5.41, 5.74) is 19.4. The summed E-state index contributed by atoms with van der Waals surface area (Å²) < 4.78 is 0. The highest BCUT2D eigenvalue weighted by molar-refractivity contribution is 6.55. The molecule has 0 fully saturated rings. The van der Waals surface area contributed by atoms with Crippen LogP contribution in [0.1, 0.15) is 27.8 Å². The van der Waals surface area contributed by atoms with Gasteiger partial charge in [0.1, 0.15) is 5.71 Å². The monoisotopic (exact) mass is 616 g/mol. The highest BCUT2D eigenvalue weighted by Gasteiger charge is 2.24. The van der Waals surface area contributed by atoms with Crippen molar-refractivity contribution in [3.05, 3.63) is 143 Å². The number of nitriles is 3. The lowest BCUT2D eigenvalue weighted by molar-refractivity contribution is 1.33. The number of aromatic nitrogens is 1. The molecule has 48 heavy (non-hydrogen) atoms. The van der Waals surface area contributed by atoms with Gasteiger partial charge in [0.05, 0.1) is 57.5 Å². The Labute approximate surface area is 276 Å². The van der Waals surface area contributed by atoms with Crippen LogP contribution in [0.15, 0.2) is 120 Å². The highest BCUT2D eigenvalue weighted by Crippen LogP contribution is 2.37. The number of anilines is 2. The molecule has 0 saturated carbocycles. The number of nitrogens with two attached hydrogens (primary N) is 1. The normalized spacial score (nSPS) is 12.6. The third kappa shape index (κ3) is 5.31. The van der Waals surface area contributed by atoms with Gasteiger partial charge in [-0.15, -0.1) is 0 Å². The molecular formula is C40H24N8. The number of allylic oxidation sites excluding steroid dienone is 1. The molecule has 0 spiro atoms. The van der Waals surface area contributed by atoms with E-state index in [0.717, 1.165) is 38.9 Å². The Hall–Kier alpha value is -7.34. The first-order chi connectivity index (χ1) is 23.5. The predicted molar refractivity (Wildman–Crippen MR) is 190 cm³/mol. The molecular weight excluding hydrogens is 592 g/mol. The van der Waals surface area contributed by atoms with E-state index in [0.29, 0.717) is 50.4 Å². The molecule has 7 rings (SSSR count). The molecule has 0 amide bonds. The second-order valence-electron chi connectivity index (χ2n) is 11.1. The molecule has 6 aromatic rings. The Kier molecular flexibility index (Phi) is 7.48. The summed E-state index contributed by atoms with van der Waals surface area (Å²) in [5, 5.41) is 43.0. The fourth-order valence-corrected chi connectivity index (χ4v) is 5.89. The number of nitrogen functional groups attached to an aromatic ring is 1. The average molecular weight is 617 g/mol. The maximum atomic E-state index is 9.79. The van der Waals surface area contributed by atoms with Crippen LogP contribution in [0.25, 0.3) is 50.5 Å². The van der Waals surface area contributed by atoms with Crippen LogP contribution in [-0.4, -0.2) is 16.4 Å². The first-order valence-electron chi connectivity index (χ1n) is 15.0. The quantitative estimate of drug-likeness (QED) is 0.131. The number of rotatable bonds is 5. The Bertz CT molecular complexity index is 2450. The number of nitrogens with zero attached hydrogens (tertiary/aromatic N) is 5. The largest absolute Gasteiger partial charge is 0.398 e. The van der Waals surface area contributed by atoms with Crippen molar-refractivity contribution < 1.29 is 0 Å². The van der Waals surface area contributed by atoms with E-state index in [1.54, 1.807) is 18.2 Å². The lowest BCUT2D eigenvalue weighted by atomic mass is 9.87. The summed E-state index contributed by atoms with van der Waals surface area (Å²) in [6.45, 7) is 0. The first-order valence-corrected chi connectivity index (χ1v) is 15.0. The van der Waals surface area contributed by atoms with Gasteiger partial charge in [0.25, 0.3) is 0 Å². The molecule has 1 aliphatic carbocycles. The SMILES string of the molecule is N#Cc1ccc(-c2ccc3c4c(c(-c5ccc(-c6c(N)cc(C#N)cc6C#N)cc5)nc3c2)C=C/C(=N/Nc2ccccc2)C4=N)cc1. The van der Waals surface area contributed by atoms with E-state index in [1.165, 1.54) is 6.07 Å². The van der Waals surface area contributed by atoms with Crippen molar-refractivity contribution in [3.8, 4) is 51.7 Å². The Morgan fingerprint density at radius 3 is 2.06 bits per heavy atom. The van der Waals surface area contributed by atoms with E-state index < -0.39 is 0 Å². The smallest absolute Gasteiger partial charge is 0.109 e. The molecule has 0 aliphatic heterocycles. The number of fused-ring (bicyclic) bond motifs is 3. The van der Waals surface area contributed by atoms with Gasteiger partial charge in [0.2, 0.25) is 0 Å². The Balaban J connectivity index is 1.37. The van der Waals surface area contributed by atoms with Crippen molar-refractivity contribution in [2.75, 3.05) is 11.2 Å². The van der Waals surface area contributed by atoms with Gasteiger partial charge in [0.15, 0.2) is 0 Å². The number of benzene rings is 5. The lowest BCUT2D eigenvalue weighted by Gasteiger charge is -2.20. The summed E-state index contributed by atoms with van der Waals surface area (Å²) in [7, 11) is 0. The molecule has 0 saturated heterocycles. The summed E-state index contributed by atoms with van der Waals surface area (Å²) in [4.78, 5) is 5.14. The number of para-hydroxylation sites is 1. The molecule has 5 aromatic carbocycles. The van der Waals surface area contributed by atoms with Gasteiger partial charge in [-0.2, -0.15) is 20.9 Å². The third-order valence-corrected chi connectivity index (χ3v) is 8.23. The van der Waals surface area contributed by atoms with Crippen LogP contribution in [-0.2, 0) is 0 Å². The van der Waals surface area contributed by atoms with Gasteiger partial charge in [-0.3, -0.25) is 10.8 Å². The molecule has 1 aliphatic rings. The van der Waals surface area contributed by atoms with Crippen LogP contribution in [0.3, 0.4) is 0 Å². The maximum absolute atomic E-state index is 9.79. The topological polar surface area (TPSA) is 159 Å². The number of nitrogens with one attached hydrogen (secondary N) is 2. The minimum absolute atomic E-state index is 0.261. The van der Waals surface area contributed by atoms with Gasteiger partial charge < -0.3 is 5.73 Å². The zero-order valence-corrected chi connectivity index (χ0v) is 25.4. The molecule has 224 valence electrons. The van der Waals surface area contributed by atoms with Crippen molar-refractivity contribution in [1.82, 2.24) is 4.98 Å². The summed E-state index contributed by atoms with van der Waals surface area (Å²) in [6.07, 6.45) is 3.75. The highest BCUT2D eigenvalue weighted by atomic mass is 15.3. The number of hydrogen-bond donors (Lipinski definition) is 3. The molecule has 0 bridgehead atoms. The molecule has 0 radical (unpaired) electrons. The zero-order valence-electron chi connectivity index (χ0n) is 25.4. The van der Waals surface area contributed by atoms with E-state index in [-0.39, 0.29) is 5.71 Å². The lowest BCUT2D eigenvalue weighted by Crippen LogP contribution is -2.20. The Morgan fingerprint density at radius 2 is 1.35 bits per heavy atom. The second-order valence-corrected chi connectivity index (χ2v) is 11.1. The predicted octanol–water partition coefficient (Wildman–Crippen LogP) is 8.30. The molecule has 8 nitrogen and oxygen atoms in total. The van der Waals surface area contributed by atoms with Gasteiger partial charge in [-0.05, 0) is 71.3 Å². The summed E-state index contributed by atoms with van der Waals surface area (Å²) in [6, 6.07) is 40.0. The average Bonchev–Trinajstić information content (AvgIpc) is 3.14. The molecule has 1 aromatic heterocycles. The van der Waals surface area contributed by atoms with Crippen LogP contribution >= 0.6 is 0 Å². The van der Waals surface area contributed by atoms with Gasteiger partial charge in [-0.25, -0.2) is 4.98 Å². The first kappa shape index (κ1) is 29.4. The van der Waals surface area contributed by atoms with E-state index in [2.05, 4.69) is 22.7 Å².